The summed E-state index contributed by atoms with van der Waals surface area (Å²) in [5.41, 5.74) is 6.66. The molecule has 0 radical (unpaired) electrons. The van der Waals surface area contributed by atoms with Crippen LogP contribution in [0.3, 0.4) is 0 Å². The van der Waals surface area contributed by atoms with Crippen LogP contribution in [0.1, 0.15) is 33.6 Å². The van der Waals surface area contributed by atoms with E-state index >= 15 is 0 Å². The smallest absolute Gasteiger partial charge is 0.00777 e. The molecule has 1 heteroatoms. The van der Waals surface area contributed by atoms with Gasteiger partial charge in [-0.15, -0.1) is 0 Å². The molecule has 0 saturated heterocycles. The van der Waals surface area contributed by atoms with Crippen molar-refractivity contribution in [3.8, 4) is 0 Å². The highest BCUT2D eigenvalue weighted by Gasteiger charge is 2.61. The Morgan fingerprint density at radius 2 is 1.91 bits per heavy atom. The van der Waals surface area contributed by atoms with Crippen LogP contribution >= 0.6 is 0 Å². The van der Waals surface area contributed by atoms with Gasteiger partial charge in [-0.2, -0.15) is 0 Å². The van der Waals surface area contributed by atoms with Crippen LogP contribution in [-0.4, -0.2) is 6.04 Å². The van der Waals surface area contributed by atoms with Crippen molar-refractivity contribution in [3.05, 3.63) is 0 Å². The lowest BCUT2D eigenvalue weighted by molar-refractivity contribution is 0.328. The fourth-order valence-corrected chi connectivity index (χ4v) is 3.23. The van der Waals surface area contributed by atoms with E-state index in [1.807, 2.05) is 0 Å². The molecule has 0 amide bonds. The predicted octanol–water partition coefficient (Wildman–Crippen LogP) is 2.02. The van der Waals surface area contributed by atoms with Crippen LogP contribution < -0.4 is 5.73 Å². The van der Waals surface area contributed by atoms with Crippen molar-refractivity contribution in [2.75, 3.05) is 0 Å². The first kappa shape index (κ1) is 7.60. The fraction of sp³-hybridized carbons (Fsp3) is 1.00. The van der Waals surface area contributed by atoms with E-state index in [2.05, 4.69) is 20.8 Å². The molecule has 2 N–H and O–H groups in total. The molecule has 4 atom stereocenters. The highest BCUT2D eigenvalue weighted by Crippen LogP contribution is 2.65. The maximum atomic E-state index is 6.09. The van der Waals surface area contributed by atoms with Gasteiger partial charge in [0, 0.05) is 6.04 Å². The molecule has 11 heavy (non-hydrogen) atoms. The van der Waals surface area contributed by atoms with Crippen LogP contribution in [0.4, 0.5) is 0 Å². The molecule has 2 fully saturated rings. The minimum absolute atomic E-state index is 0.499. The normalized spacial score (nSPS) is 53.5. The molecule has 1 nitrogen and oxygen atoms in total. The summed E-state index contributed by atoms with van der Waals surface area (Å²) in [7, 11) is 0. The van der Waals surface area contributed by atoms with E-state index in [9.17, 15) is 0 Å². The van der Waals surface area contributed by atoms with Gasteiger partial charge in [-0.25, -0.2) is 0 Å². The van der Waals surface area contributed by atoms with Gasteiger partial charge >= 0.3 is 0 Å². The highest BCUT2D eigenvalue weighted by molar-refractivity contribution is 5.12. The molecule has 2 aliphatic rings. The maximum Gasteiger partial charge on any atom is 0.00777 e. The summed E-state index contributed by atoms with van der Waals surface area (Å²) < 4.78 is 0. The van der Waals surface area contributed by atoms with Crippen molar-refractivity contribution < 1.29 is 0 Å². The molecule has 0 heterocycles. The first-order valence-electron chi connectivity index (χ1n) is 4.79. The summed E-state index contributed by atoms with van der Waals surface area (Å²) in [6.07, 6.45) is 2.68. The number of rotatable bonds is 0. The summed E-state index contributed by atoms with van der Waals surface area (Å²) in [6, 6.07) is 0.499. The lowest BCUT2D eigenvalue weighted by Gasteiger charge is -2.22. The van der Waals surface area contributed by atoms with Gasteiger partial charge in [-0.05, 0) is 36.0 Å². The molecule has 2 aliphatic carbocycles. The van der Waals surface area contributed by atoms with E-state index in [1.54, 1.807) is 0 Å². The van der Waals surface area contributed by atoms with E-state index in [1.165, 1.54) is 12.8 Å². The summed E-state index contributed by atoms with van der Waals surface area (Å²) in [4.78, 5) is 0. The van der Waals surface area contributed by atoms with Gasteiger partial charge in [-0.1, -0.05) is 20.8 Å². The van der Waals surface area contributed by atoms with Crippen LogP contribution in [0.2, 0.25) is 0 Å². The zero-order valence-corrected chi connectivity index (χ0v) is 7.80. The van der Waals surface area contributed by atoms with Gasteiger partial charge in [0.15, 0.2) is 0 Å². The molecule has 0 aromatic carbocycles. The molecule has 2 saturated carbocycles. The van der Waals surface area contributed by atoms with Crippen molar-refractivity contribution in [1.82, 2.24) is 0 Å². The zero-order valence-electron chi connectivity index (χ0n) is 7.80. The molecule has 0 bridgehead atoms. The van der Waals surface area contributed by atoms with Gasteiger partial charge < -0.3 is 5.73 Å². The molecule has 0 aromatic heterocycles. The van der Waals surface area contributed by atoms with Crippen molar-refractivity contribution in [2.24, 2.45) is 28.9 Å². The van der Waals surface area contributed by atoms with E-state index < -0.39 is 0 Å². The van der Waals surface area contributed by atoms with E-state index in [4.69, 9.17) is 5.73 Å². The van der Waals surface area contributed by atoms with Gasteiger partial charge in [0.1, 0.15) is 0 Å². The lowest BCUT2D eigenvalue weighted by Crippen LogP contribution is -2.30. The first-order valence-corrected chi connectivity index (χ1v) is 4.79. The predicted molar refractivity (Wildman–Crippen MR) is 47.1 cm³/mol. The molecular weight excluding hydrogens is 134 g/mol. The highest BCUT2D eigenvalue weighted by atomic mass is 14.8. The number of nitrogens with two attached hydrogens (primary N) is 1. The van der Waals surface area contributed by atoms with Crippen molar-refractivity contribution >= 4 is 0 Å². The van der Waals surface area contributed by atoms with Crippen molar-refractivity contribution in [1.29, 1.82) is 0 Å². The Bertz CT molecular complexity index is 174. The third-order valence-electron chi connectivity index (χ3n) is 3.93. The number of hydrogen-bond acceptors (Lipinski definition) is 1. The summed E-state index contributed by atoms with van der Waals surface area (Å²) >= 11 is 0. The second-order valence-electron chi connectivity index (χ2n) is 5.19. The Morgan fingerprint density at radius 1 is 1.27 bits per heavy atom. The van der Waals surface area contributed by atoms with Gasteiger partial charge in [-0.3, -0.25) is 0 Å². The van der Waals surface area contributed by atoms with Gasteiger partial charge in [0.05, 0.1) is 0 Å². The summed E-state index contributed by atoms with van der Waals surface area (Å²) in [5.74, 6) is 2.66. The number of fused-ring (bicyclic) bond motifs is 1. The lowest BCUT2D eigenvalue weighted by atomic mass is 9.88. The molecule has 64 valence electrons. The largest absolute Gasteiger partial charge is 0.327 e. The maximum absolute atomic E-state index is 6.09. The van der Waals surface area contributed by atoms with Crippen LogP contribution in [0, 0.1) is 23.2 Å². The van der Waals surface area contributed by atoms with E-state index in [0.717, 1.165) is 17.8 Å². The van der Waals surface area contributed by atoms with Crippen LogP contribution in [-0.2, 0) is 0 Å². The minimum Gasteiger partial charge on any atom is -0.327 e. The molecular formula is C10H19N. The second-order valence-corrected chi connectivity index (χ2v) is 5.19. The van der Waals surface area contributed by atoms with Gasteiger partial charge in [0.2, 0.25) is 0 Å². The molecule has 0 aromatic rings. The Kier molecular flexibility index (Phi) is 1.39. The van der Waals surface area contributed by atoms with Crippen molar-refractivity contribution in [2.45, 2.75) is 39.7 Å². The SMILES string of the molecule is C[C@H]1C[C@@H](N)[C@@H]2[C@H](C1)C2(C)C. The molecule has 0 aliphatic heterocycles. The number of hydrogen-bond donors (Lipinski definition) is 1. The van der Waals surface area contributed by atoms with E-state index in [0.29, 0.717) is 11.5 Å². The minimum atomic E-state index is 0.499. The van der Waals surface area contributed by atoms with Crippen LogP contribution in [0.15, 0.2) is 0 Å². The molecule has 0 spiro atoms. The third-order valence-corrected chi connectivity index (χ3v) is 3.93. The van der Waals surface area contributed by atoms with E-state index in [-0.39, 0.29) is 0 Å². The van der Waals surface area contributed by atoms with Crippen molar-refractivity contribution in [3.63, 3.8) is 0 Å². The zero-order chi connectivity index (χ0) is 8.22. The summed E-state index contributed by atoms with van der Waals surface area (Å²) in [6.45, 7) is 7.09. The fourth-order valence-electron chi connectivity index (χ4n) is 3.23. The second kappa shape index (κ2) is 2.01. The molecule has 2 rings (SSSR count). The Balaban J connectivity index is 2.11. The Labute approximate surface area is 69.4 Å². The Morgan fingerprint density at radius 3 is 2.45 bits per heavy atom. The summed E-state index contributed by atoms with van der Waals surface area (Å²) in [5, 5.41) is 0. The molecule has 0 unspecified atom stereocenters. The first-order chi connectivity index (χ1) is 5.03. The quantitative estimate of drug-likeness (QED) is 0.566. The monoisotopic (exact) mass is 153 g/mol. The average molecular weight is 153 g/mol. The Hall–Kier alpha value is -0.0400. The van der Waals surface area contributed by atoms with Crippen LogP contribution in [0.25, 0.3) is 0 Å². The standard InChI is InChI=1S/C10H19N/c1-6-4-7-9(8(11)5-6)10(7,2)3/h6-9H,4-5,11H2,1-3H3/t6-,7+,8-,9+/m1/s1. The van der Waals surface area contributed by atoms with Crippen LogP contribution in [0.5, 0.6) is 0 Å². The topological polar surface area (TPSA) is 26.0 Å². The average Bonchev–Trinajstić information content (AvgIpc) is 2.34. The third kappa shape index (κ3) is 0.936. The van der Waals surface area contributed by atoms with Gasteiger partial charge in [0.25, 0.3) is 0 Å².